The summed E-state index contributed by atoms with van der Waals surface area (Å²) >= 11 is 5.07. The molecule has 0 rings (SSSR count). The van der Waals surface area contributed by atoms with Crippen molar-refractivity contribution < 1.29 is 43.3 Å². The van der Waals surface area contributed by atoms with Gasteiger partial charge in [-0.15, -0.1) is 0 Å². The summed E-state index contributed by atoms with van der Waals surface area (Å²) in [6.45, 7) is 3.55. The summed E-state index contributed by atoms with van der Waals surface area (Å²) in [5, 5.41) is 19.8. The molecule has 13 nitrogen and oxygen atoms in total. The zero-order valence-corrected chi connectivity index (χ0v) is 33.8. The third kappa shape index (κ3) is 34.9. The lowest BCUT2D eigenvalue weighted by atomic mass is 10.0. The van der Waals surface area contributed by atoms with Gasteiger partial charge in [-0.3, -0.25) is 24.0 Å². The number of carboxylic acids is 1. The van der Waals surface area contributed by atoms with Gasteiger partial charge in [0.2, 0.25) is 23.6 Å². The van der Waals surface area contributed by atoms with Gasteiger partial charge in [-0.25, -0.2) is 0 Å². The van der Waals surface area contributed by atoms with E-state index < -0.39 is 12.0 Å². The molecule has 0 saturated carbocycles. The highest BCUT2D eigenvalue weighted by atomic mass is 127. The van der Waals surface area contributed by atoms with Crippen LogP contribution in [-0.2, 0) is 38.2 Å². The molecule has 0 radical (unpaired) electrons. The Labute approximate surface area is 321 Å². The fourth-order valence-corrected chi connectivity index (χ4v) is 5.46. The molecule has 0 spiro atoms. The number of unbranched alkanes of at least 4 members (excludes halogenated alkanes) is 13. The highest BCUT2D eigenvalue weighted by Crippen LogP contribution is 2.13. The highest BCUT2D eigenvalue weighted by Gasteiger charge is 2.19. The minimum atomic E-state index is -0.691. The predicted molar refractivity (Wildman–Crippen MR) is 207 cm³/mol. The number of aliphatic carboxylic acids is 1. The molecule has 0 aliphatic rings. The van der Waals surface area contributed by atoms with Gasteiger partial charge in [0.15, 0.2) is 0 Å². The Morgan fingerprint density at radius 1 is 0.540 bits per heavy atom. The number of carbonyl (C=O) groups is 5. The lowest BCUT2D eigenvalue weighted by Crippen LogP contribution is -2.48. The molecule has 1 atom stereocenters. The van der Waals surface area contributed by atoms with Crippen LogP contribution in [0.25, 0.3) is 0 Å². The monoisotopic (exact) mass is 890 g/mol. The van der Waals surface area contributed by atoms with Gasteiger partial charge in [0.1, 0.15) is 6.04 Å². The van der Waals surface area contributed by atoms with Crippen LogP contribution in [0.15, 0.2) is 0 Å². The van der Waals surface area contributed by atoms with Crippen LogP contribution in [0, 0.1) is 0 Å². The van der Waals surface area contributed by atoms with E-state index in [1.807, 2.05) is 22.6 Å². The van der Waals surface area contributed by atoms with Crippen LogP contribution in [0.1, 0.15) is 116 Å². The maximum Gasteiger partial charge on any atom is 0.303 e. The van der Waals surface area contributed by atoms with E-state index in [0.717, 1.165) is 32.1 Å². The molecule has 0 heterocycles. The molecule has 0 bridgehead atoms. The Bertz CT molecular complexity index is 889. The zero-order valence-electron chi connectivity index (χ0n) is 30.1. The first kappa shape index (κ1) is 48.4. The van der Waals surface area contributed by atoms with Crippen molar-refractivity contribution in [2.75, 3.05) is 69.0 Å². The summed E-state index contributed by atoms with van der Waals surface area (Å²) in [5.74, 6) is -1.27. The molecule has 0 aliphatic heterocycles. The minimum Gasteiger partial charge on any atom is -0.481 e. The van der Waals surface area contributed by atoms with Crippen LogP contribution in [0.3, 0.4) is 0 Å². The molecule has 0 aromatic rings. The molecule has 0 unspecified atom stereocenters. The molecule has 0 fully saturated rings. The molecular formula is C35H64BrIN4O9. The summed E-state index contributed by atoms with van der Waals surface area (Å²) in [5.41, 5.74) is 0. The number of nitrogens with one attached hydrogen (secondary N) is 4. The standard InChI is InChI=1S/C35H64BrIN4O9/c36-28-32(43)41-30(16-15-19-38-33(44)29-37)35(47)40-21-23-49-25-27-50-26-24-48-22-20-39-31(42)17-13-11-9-7-5-3-1-2-4-6-8-10-12-14-18-34(45)46/h30H,1-29H2,(H,38,44)(H,39,42)(H,40,47)(H,41,43)(H,45,46)/t30-/m0/s1. The fraction of sp³-hybridized carbons (Fsp3) is 0.857. The molecule has 0 aliphatic carbocycles. The second-order valence-corrected chi connectivity index (χ2v) is 13.5. The van der Waals surface area contributed by atoms with Gasteiger partial charge in [0.05, 0.1) is 49.4 Å². The van der Waals surface area contributed by atoms with E-state index in [2.05, 4.69) is 37.2 Å². The Hall–Kier alpha value is -1.56. The molecule has 50 heavy (non-hydrogen) atoms. The van der Waals surface area contributed by atoms with Crippen LogP contribution in [0.2, 0.25) is 0 Å². The molecule has 0 aromatic heterocycles. The highest BCUT2D eigenvalue weighted by molar-refractivity contribution is 14.1. The van der Waals surface area contributed by atoms with Crippen molar-refractivity contribution in [3.8, 4) is 0 Å². The Kier molecular flexibility index (Phi) is 36.0. The van der Waals surface area contributed by atoms with Crippen molar-refractivity contribution in [1.29, 1.82) is 0 Å². The van der Waals surface area contributed by atoms with Crippen LogP contribution in [0.4, 0.5) is 0 Å². The van der Waals surface area contributed by atoms with Crippen molar-refractivity contribution in [1.82, 2.24) is 21.3 Å². The first-order chi connectivity index (χ1) is 24.3. The van der Waals surface area contributed by atoms with Gasteiger partial charge >= 0.3 is 5.97 Å². The smallest absolute Gasteiger partial charge is 0.303 e. The number of alkyl halides is 2. The zero-order chi connectivity index (χ0) is 36.9. The number of halogens is 2. The first-order valence-electron chi connectivity index (χ1n) is 18.5. The number of rotatable bonds is 37. The Balaban J connectivity index is 3.51. The number of ether oxygens (including phenoxy) is 3. The molecule has 4 amide bonds. The SMILES string of the molecule is O=C(O)CCCCCCCCCCCCCCCCC(=O)NCCOCCOCCOCCNC(=O)[C@H](CCCNC(=O)CI)NC(=O)CBr. The second kappa shape index (κ2) is 37.2. The normalized spacial score (nSPS) is 11.6. The van der Waals surface area contributed by atoms with Gasteiger partial charge in [0.25, 0.3) is 0 Å². The van der Waals surface area contributed by atoms with E-state index in [1.54, 1.807) is 0 Å². The van der Waals surface area contributed by atoms with Crippen molar-refractivity contribution in [3.05, 3.63) is 0 Å². The maximum absolute atomic E-state index is 12.5. The number of hydrogen-bond donors (Lipinski definition) is 5. The molecule has 5 N–H and O–H groups in total. The van der Waals surface area contributed by atoms with Crippen molar-refractivity contribution in [2.24, 2.45) is 0 Å². The molecule has 0 aromatic carbocycles. The van der Waals surface area contributed by atoms with Crippen molar-refractivity contribution in [3.63, 3.8) is 0 Å². The van der Waals surface area contributed by atoms with Gasteiger partial charge in [-0.05, 0) is 25.7 Å². The summed E-state index contributed by atoms with van der Waals surface area (Å²) in [7, 11) is 0. The first-order valence-corrected chi connectivity index (χ1v) is 21.1. The number of amides is 4. The lowest BCUT2D eigenvalue weighted by Gasteiger charge is -2.18. The van der Waals surface area contributed by atoms with E-state index in [0.29, 0.717) is 89.4 Å². The lowest BCUT2D eigenvalue weighted by molar-refractivity contribution is -0.137. The van der Waals surface area contributed by atoms with Crippen molar-refractivity contribution >= 4 is 68.1 Å². The summed E-state index contributed by atoms with van der Waals surface area (Å²) in [4.78, 5) is 58.1. The summed E-state index contributed by atoms with van der Waals surface area (Å²) in [6.07, 6.45) is 18.1. The average molecular weight is 892 g/mol. The summed E-state index contributed by atoms with van der Waals surface area (Å²) < 4.78 is 16.8. The van der Waals surface area contributed by atoms with Gasteiger partial charge in [-0.1, -0.05) is 116 Å². The molecular weight excluding hydrogens is 827 g/mol. The van der Waals surface area contributed by atoms with E-state index in [4.69, 9.17) is 19.3 Å². The Morgan fingerprint density at radius 3 is 1.46 bits per heavy atom. The van der Waals surface area contributed by atoms with Gasteiger partial charge in [-0.2, -0.15) is 0 Å². The topological polar surface area (TPSA) is 181 Å². The quantitative estimate of drug-likeness (QED) is 0.0333. The van der Waals surface area contributed by atoms with Crippen molar-refractivity contribution in [2.45, 2.75) is 122 Å². The van der Waals surface area contributed by atoms with Crippen LogP contribution in [0.5, 0.6) is 0 Å². The largest absolute Gasteiger partial charge is 0.481 e. The number of carbonyl (C=O) groups excluding carboxylic acids is 4. The maximum atomic E-state index is 12.5. The van der Waals surface area contributed by atoms with E-state index in [9.17, 15) is 24.0 Å². The van der Waals surface area contributed by atoms with Crippen LogP contribution < -0.4 is 21.3 Å². The average Bonchev–Trinajstić information content (AvgIpc) is 3.10. The molecule has 15 heteroatoms. The fourth-order valence-electron chi connectivity index (χ4n) is 5.03. The third-order valence-corrected chi connectivity index (χ3v) is 8.99. The summed E-state index contributed by atoms with van der Waals surface area (Å²) in [6, 6.07) is -0.687. The number of carboxylic acid groups (broad SMARTS) is 1. The molecule has 292 valence electrons. The second-order valence-electron chi connectivity index (χ2n) is 12.2. The number of hydrogen-bond acceptors (Lipinski definition) is 8. The van der Waals surface area contributed by atoms with Gasteiger partial charge < -0.3 is 40.6 Å². The van der Waals surface area contributed by atoms with E-state index in [1.165, 1.54) is 57.8 Å². The third-order valence-electron chi connectivity index (χ3n) is 7.79. The van der Waals surface area contributed by atoms with Gasteiger partial charge in [0, 0.05) is 32.5 Å². The Morgan fingerprint density at radius 2 is 0.980 bits per heavy atom. The van der Waals surface area contributed by atoms with Crippen LogP contribution >= 0.6 is 38.5 Å². The van der Waals surface area contributed by atoms with E-state index in [-0.39, 0.29) is 29.0 Å². The van der Waals surface area contributed by atoms with E-state index >= 15 is 0 Å². The predicted octanol–water partition coefficient (Wildman–Crippen LogP) is 4.81. The van der Waals surface area contributed by atoms with Crippen LogP contribution in [-0.4, -0.2) is 110 Å². The minimum absolute atomic E-state index is 0.0656. The molecule has 0 saturated heterocycles.